The normalized spacial score (nSPS) is 25.7. The Kier molecular flexibility index (Phi) is 11.3. The fraction of sp³-hybridized carbons (Fsp3) is 0.667. The molecule has 2 aliphatic carbocycles. The summed E-state index contributed by atoms with van der Waals surface area (Å²) in [6.07, 6.45) is 24.0. The van der Waals surface area contributed by atoms with Gasteiger partial charge in [-0.05, 0) is 79.7 Å². The van der Waals surface area contributed by atoms with E-state index in [-0.39, 0.29) is 5.75 Å². The summed E-state index contributed by atoms with van der Waals surface area (Å²) in [7, 11) is 0. The maximum absolute atomic E-state index is 12.2. The molecule has 0 spiro atoms. The zero-order chi connectivity index (χ0) is 23.3. The molecule has 2 aliphatic rings. The fourth-order valence-electron chi connectivity index (χ4n) is 5.66. The van der Waals surface area contributed by atoms with E-state index in [4.69, 9.17) is 0 Å². The van der Waals surface area contributed by atoms with Crippen LogP contribution in [-0.2, 0) is 0 Å². The van der Waals surface area contributed by atoms with Crippen LogP contribution in [0.3, 0.4) is 0 Å². The summed E-state index contributed by atoms with van der Waals surface area (Å²) in [6, 6.07) is 6.48. The van der Waals surface area contributed by atoms with E-state index >= 15 is 0 Å². The number of hydrogen-bond acceptors (Lipinski definition) is 1. The van der Waals surface area contributed by atoms with Gasteiger partial charge in [0.2, 0.25) is 0 Å². The van der Waals surface area contributed by atoms with Gasteiger partial charge in [0.15, 0.2) is 0 Å². The number of ether oxygens (including phenoxy) is 1. The molecule has 0 radical (unpaired) electrons. The molecule has 0 aromatic heterocycles. The Labute approximate surface area is 200 Å². The third-order valence-electron chi connectivity index (χ3n) is 7.80. The number of allylic oxidation sites excluding steroid dienone is 2. The van der Waals surface area contributed by atoms with E-state index < -0.39 is 6.61 Å². The van der Waals surface area contributed by atoms with Crippen LogP contribution < -0.4 is 4.74 Å². The first-order valence-corrected chi connectivity index (χ1v) is 13.4. The minimum absolute atomic E-state index is 0.165. The number of alkyl halides is 2. The van der Waals surface area contributed by atoms with Gasteiger partial charge in [-0.1, -0.05) is 89.0 Å². The van der Waals surface area contributed by atoms with Gasteiger partial charge in [-0.2, -0.15) is 8.78 Å². The van der Waals surface area contributed by atoms with Gasteiger partial charge in [-0.25, -0.2) is 0 Å². The predicted molar refractivity (Wildman–Crippen MR) is 133 cm³/mol. The molecule has 33 heavy (non-hydrogen) atoms. The van der Waals surface area contributed by atoms with Crippen molar-refractivity contribution in [3.8, 4) is 17.6 Å². The van der Waals surface area contributed by atoms with Gasteiger partial charge in [0.1, 0.15) is 5.75 Å². The van der Waals surface area contributed by atoms with Gasteiger partial charge in [0.05, 0.1) is 0 Å². The Morgan fingerprint density at radius 2 is 1.42 bits per heavy atom. The van der Waals surface area contributed by atoms with Crippen molar-refractivity contribution >= 4 is 0 Å². The Morgan fingerprint density at radius 1 is 0.848 bits per heavy atom. The highest BCUT2D eigenvalue weighted by atomic mass is 19.3. The van der Waals surface area contributed by atoms with Crippen LogP contribution >= 0.6 is 0 Å². The van der Waals surface area contributed by atoms with Crippen LogP contribution in [0.15, 0.2) is 36.4 Å². The Bertz CT molecular complexity index is 742. The average Bonchev–Trinajstić information content (AvgIpc) is 2.83. The molecule has 1 aromatic carbocycles. The molecular weight excluding hydrogens is 414 g/mol. The monoisotopic (exact) mass is 456 g/mol. The van der Waals surface area contributed by atoms with Gasteiger partial charge in [0, 0.05) is 5.56 Å². The Morgan fingerprint density at radius 3 is 2.00 bits per heavy atom. The standard InChI is InChI=1S/C30H42F2O/c1-2-3-4-7-24-10-14-27(15-11-24)18-19-28-16-12-25(13-17-28)8-5-6-9-26-20-22-29(23-21-26)33-30(31)32/h5,8,20-25,27-28,30H,2-4,7,10-19H2,1H3/b8-5+. The van der Waals surface area contributed by atoms with Crippen LogP contribution in [0.1, 0.15) is 102 Å². The summed E-state index contributed by atoms with van der Waals surface area (Å²) in [5, 5.41) is 0. The molecule has 0 unspecified atom stereocenters. The van der Waals surface area contributed by atoms with Crippen LogP contribution in [0.4, 0.5) is 8.78 Å². The molecule has 2 saturated carbocycles. The molecule has 0 amide bonds. The van der Waals surface area contributed by atoms with Crippen molar-refractivity contribution in [3.63, 3.8) is 0 Å². The zero-order valence-electron chi connectivity index (χ0n) is 20.4. The summed E-state index contributed by atoms with van der Waals surface area (Å²) in [6.45, 7) is -0.490. The van der Waals surface area contributed by atoms with E-state index in [1.54, 1.807) is 12.1 Å². The van der Waals surface area contributed by atoms with Crippen molar-refractivity contribution in [1.29, 1.82) is 0 Å². The first-order chi connectivity index (χ1) is 16.1. The van der Waals surface area contributed by atoms with Crippen molar-refractivity contribution in [2.75, 3.05) is 0 Å². The first kappa shape index (κ1) is 25.8. The minimum atomic E-state index is -2.79. The molecule has 3 heteroatoms. The smallest absolute Gasteiger partial charge is 0.387 e. The summed E-state index contributed by atoms with van der Waals surface area (Å²) in [5.41, 5.74) is 0.806. The van der Waals surface area contributed by atoms with Crippen molar-refractivity contribution in [3.05, 3.63) is 42.0 Å². The maximum Gasteiger partial charge on any atom is 0.387 e. The predicted octanol–water partition coefficient (Wildman–Crippen LogP) is 9.17. The van der Waals surface area contributed by atoms with Crippen LogP contribution in [0.5, 0.6) is 5.75 Å². The number of unbranched alkanes of at least 4 members (excludes halogenated alkanes) is 2. The highest BCUT2D eigenvalue weighted by molar-refractivity contribution is 5.40. The van der Waals surface area contributed by atoms with Gasteiger partial charge < -0.3 is 4.74 Å². The largest absolute Gasteiger partial charge is 0.435 e. The number of benzene rings is 1. The second-order valence-electron chi connectivity index (χ2n) is 10.3. The second-order valence-corrected chi connectivity index (χ2v) is 10.3. The molecule has 0 atom stereocenters. The lowest BCUT2D eigenvalue weighted by molar-refractivity contribution is -0.0498. The molecule has 0 N–H and O–H groups in total. The molecular formula is C30H42F2O. The maximum atomic E-state index is 12.2. The summed E-state index contributed by atoms with van der Waals surface area (Å²) < 4.78 is 28.8. The molecule has 182 valence electrons. The third kappa shape index (κ3) is 9.91. The molecule has 0 bridgehead atoms. The molecule has 0 heterocycles. The molecule has 0 saturated heterocycles. The quantitative estimate of drug-likeness (QED) is 0.252. The second kappa shape index (κ2) is 14.4. The van der Waals surface area contributed by atoms with Gasteiger partial charge in [-0.3, -0.25) is 0 Å². The summed E-state index contributed by atoms with van der Waals surface area (Å²) in [4.78, 5) is 0. The highest BCUT2D eigenvalue weighted by Crippen LogP contribution is 2.38. The van der Waals surface area contributed by atoms with Crippen LogP contribution in [0.2, 0.25) is 0 Å². The van der Waals surface area contributed by atoms with E-state index in [0.717, 1.165) is 23.3 Å². The van der Waals surface area contributed by atoms with Crippen LogP contribution in [0, 0.1) is 35.5 Å². The summed E-state index contributed by atoms with van der Waals surface area (Å²) in [5.74, 6) is 9.92. The molecule has 0 aliphatic heterocycles. The number of rotatable bonds is 10. The average molecular weight is 457 g/mol. The Hall–Kier alpha value is -1.82. The van der Waals surface area contributed by atoms with Crippen LogP contribution in [0.25, 0.3) is 0 Å². The number of halogens is 2. The van der Waals surface area contributed by atoms with E-state index in [0.29, 0.717) is 5.92 Å². The SMILES string of the molecule is CCCCCC1CCC(CCC2CCC(/C=C/C#Cc3ccc(OC(F)F)cc3)CC2)CC1. The van der Waals surface area contributed by atoms with E-state index in [1.165, 1.54) is 102 Å². The third-order valence-corrected chi connectivity index (χ3v) is 7.80. The lowest BCUT2D eigenvalue weighted by Crippen LogP contribution is -2.17. The lowest BCUT2D eigenvalue weighted by Gasteiger charge is -2.31. The van der Waals surface area contributed by atoms with Crippen molar-refractivity contribution < 1.29 is 13.5 Å². The Balaban J connectivity index is 1.28. The van der Waals surface area contributed by atoms with Crippen molar-refractivity contribution in [2.45, 2.75) is 103 Å². The highest BCUT2D eigenvalue weighted by Gasteiger charge is 2.24. The lowest BCUT2D eigenvalue weighted by atomic mass is 9.75. The topological polar surface area (TPSA) is 9.23 Å². The van der Waals surface area contributed by atoms with Crippen molar-refractivity contribution in [1.82, 2.24) is 0 Å². The van der Waals surface area contributed by atoms with E-state index in [9.17, 15) is 8.78 Å². The van der Waals surface area contributed by atoms with Crippen LogP contribution in [-0.4, -0.2) is 6.61 Å². The first-order valence-electron chi connectivity index (χ1n) is 13.4. The zero-order valence-corrected chi connectivity index (χ0v) is 20.4. The fourth-order valence-corrected chi connectivity index (χ4v) is 5.66. The van der Waals surface area contributed by atoms with Crippen molar-refractivity contribution in [2.24, 2.45) is 23.7 Å². The molecule has 2 fully saturated rings. The summed E-state index contributed by atoms with van der Waals surface area (Å²) >= 11 is 0. The molecule has 1 aromatic rings. The molecule has 3 rings (SSSR count). The van der Waals surface area contributed by atoms with Gasteiger partial charge in [-0.15, -0.1) is 0 Å². The molecule has 1 nitrogen and oxygen atoms in total. The number of hydrogen-bond donors (Lipinski definition) is 0. The van der Waals surface area contributed by atoms with E-state index in [1.807, 2.05) is 6.08 Å². The van der Waals surface area contributed by atoms with E-state index in [2.05, 4.69) is 29.6 Å². The van der Waals surface area contributed by atoms with Gasteiger partial charge >= 0.3 is 6.61 Å². The minimum Gasteiger partial charge on any atom is -0.435 e. The van der Waals surface area contributed by atoms with Gasteiger partial charge in [0.25, 0.3) is 0 Å².